The minimum absolute atomic E-state index is 0.107. The third kappa shape index (κ3) is 1.70. The van der Waals surface area contributed by atoms with Gasteiger partial charge in [-0.05, 0) is 6.07 Å². The van der Waals surface area contributed by atoms with Gasteiger partial charge >= 0.3 is 0 Å². The first-order chi connectivity index (χ1) is 5.15. The summed E-state index contributed by atoms with van der Waals surface area (Å²) in [5, 5.41) is 11.3. The summed E-state index contributed by atoms with van der Waals surface area (Å²) >= 11 is 11.1. The number of methoxy groups -OCH3 is 1. The van der Waals surface area contributed by atoms with Crippen molar-refractivity contribution in [3.05, 3.63) is 22.2 Å². The Labute approximate surface area is 74.3 Å². The molecule has 0 unspecified atom stereocenters. The van der Waals surface area contributed by atoms with Crippen LogP contribution in [0.5, 0.6) is 11.5 Å². The highest BCUT2D eigenvalue weighted by molar-refractivity contribution is 6.36. The van der Waals surface area contributed by atoms with Crippen LogP contribution in [0.25, 0.3) is 0 Å². The smallest absolute Gasteiger partial charge is 0.200 e. The molecular formula is C7H5Cl2O2. The van der Waals surface area contributed by atoms with E-state index >= 15 is 0 Å². The van der Waals surface area contributed by atoms with Gasteiger partial charge in [0.25, 0.3) is 0 Å². The van der Waals surface area contributed by atoms with Crippen LogP contribution < -0.4 is 4.74 Å². The molecule has 0 fully saturated rings. The van der Waals surface area contributed by atoms with Gasteiger partial charge in [-0.2, -0.15) is 0 Å². The Morgan fingerprint density at radius 3 is 2.45 bits per heavy atom. The molecule has 0 atom stereocenters. The highest BCUT2D eigenvalue weighted by atomic mass is 35.5. The van der Waals surface area contributed by atoms with E-state index in [1.54, 1.807) is 0 Å². The molecule has 2 nitrogen and oxygen atoms in total. The van der Waals surface area contributed by atoms with Crippen molar-refractivity contribution in [3.8, 4) is 11.5 Å². The van der Waals surface area contributed by atoms with Crippen molar-refractivity contribution in [2.75, 3.05) is 7.11 Å². The first kappa shape index (κ1) is 8.50. The van der Waals surface area contributed by atoms with E-state index in [4.69, 9.17) is 27.9 Å². The summed E-state index contributed by atoms with van der Waals surface area (Å²) in [7, 11) is 1.44. The number of hydrogen-bond donors (Lipinski definition) is 0. The Hall–Kier alpha value is -0.600. The molecule has 59 valence electrons. The zero-order chi connectivity index (χ0) is 8.43. The van der Waals surface area contributed by atoms with E-state index in [0.717, 1.165) is 0 Å². The van der Waals surface area contributed by atoms with Crippen LogP contribution in [0.15, 0.2) is 12.1 Å². The molecule has 1 aromatic carbocycles. The Balaban J connectivity index is 3.21. The van der Waals surface area contributed by atoms with E-state index < -0.39 is 0 Å². The lowest BCUT2D eigenvalue weighted by Crippen LogP contribution is -1.83. The Morgan fingerprint density at radius 2 is 1.91 bits per heavy atom. The molecule has 0 saturated carbocycles. The molecule has 0 aromatic heterocycles. The Bertz CT molecular complexity index is 273. The van der Waals surface area contributed by atoms with Gasteiger partial charge in [0.15, 0.2) is 0 Å². The first-order valence-corrected chi connectivity index (χ1v) is 3.61. The Kier molecular flexibility index (Phi) is 2.47. The van der Waals surface area contributed by atoms with Crippen molar-refractivity contribution >= 4 is 23.2 Å². The van der Waals surface area contributed by atoms with Crippen molar-refractivity contribution in [3.63, 3.8) is 0 Å². The van der Waals surface area contributed by atoms with E-state index in [-0.39, 0.29) is 10.8 Å². The number of ether oxygens (including phenoxy) is 1. The summed E-state index contributed by atoms with van der Waals surface area (Å²) in [6, 6.07) is 2.62. The Morgan fingerprint density at radius 1 is 1.27 bits per heavy atom. The van der Waals surface area contributed by atoms with Crippen LogP contribution in [0.2, 0.25) is 10.0 Å². The summed E-state index contributed by atoms with van der Waals surface area (Å²) < 4.78 is 4.79. The highest BCUT2D eigenvalue weighted by Gasteiger charge is 2.06. The monoisotopic (exact) mass is 191 g/mol. The van der Waals surface area contributed by atoms with Gasteiger partial charge in [0, 0.05) is 6.07 Å². The van der Waals surface area contributed by atoms with Gasteiger partial charge in [0.05, 0.1) is 17.2 Å². The third-order valence-corrected chi connectivity index (χ3v) is 1.80. The molecule has 4 heteroatoms. The number of hydrogen-bond acceptors (Lipinski definition) is 1. The predicted molar refractivity (Wildman–Crippen MR) is 43.1 cm³/mol. The second kappa shape index (κ2) is 3.20. The van der Waals surface area contributed by atoms with Crippen molar-refractivity contribution in [2.45, 2.75) is 0 Å². The molecule has 0 bridgehead atoms. The van der Waals surface area contributed by atoms with E-state index in [1.807, 2.05) is 0 Å². The van der Waals surface area contributed by atoms with Crippen LogP contribution >= 0.6 is 23.2 Å². The topological polar surface area (TPSA) is 29.1 Å². The molecule has 0 aliphatic heterocycles. The minimum Gasteiger partial charge on any atom is -0.495 e. The summed E-state index contributed by atoms with van der Waals surface area (Å²) in [5.74, 6) is 0.0639. The summed E-state index contributed by atoms with van der Waals surface area (Å²) in [6.07, 6.45) is 0. The number of rotatable bonds is 1. The highest BCUT2D eigenvalue weighted by Crippen LogP contribution is 2.34. The molecule has 1 aromatic rings. The first-order valence-electron chi connectivity index (χ1n) is 2.85. The van der Waals surface area contributed by atoms with E-state index in [1.165, 1.54) is 19.2 Å². The maximum atomic E-state index is 10.9. The lowest BCUT2D eigenvalue weighted by molar-refractivity contribution is 0.349. The fourth-order valence-electron chi connectivity index (χ4n) is 0.667. The molecular weight excluding hydrogens is 187 g/mol. The average Bonchev–Trinajstić information content (AvgIpc) is 1.97. The molecule has 0 aliphatic rings. The van der Waals surface area contributed by atoms with Crippen LogP contribution in [0.3, 0.4) is 0 Å². The third-order valence-electron chi connectivity index (χ3n) is 1.21. The van der Waals surface area contributed by atoms with Crippen molar-refractivity contribution in [1.82, 2.24) is 0 Å². The zero-order valence-electron chi connectivity index (χ0n) is 5.73. The van der Waals surface area contributed by atoms with Crippen molar-refractivity contribution in [1.29, 1.82) is 0 Å². The van der Waals surface area contributed by atoms with Crippen molar-refractivity contribution < 1.29 is 9.84 Å². The lowest BCUT2D eigenvalue weighted by atomic mass is 10.3. The molecule has 11 heavy (non-hydrogen) atoms. The van der Waals surface area contributed by atoms with Crippen LogP contribution in [-0.4, -0.2) is 7.11 Å². The van der Waals surface area contributed by atoms with E-state index in [9.17, 15) is 5.11 Å². The quantitative estimate of drug-likeness (QED) is 0.671. The maximum absolute atomic E-state index is 10.9. The van der Waals surface area contributed by atoms with Gasteiger partial charge in [-0.3, -0.25) is 5.11 Å². The SMILES string of the molecule is COc1cc([O])c(Cl)cc1Cl. The lowest BCUT2D eigenvalue weighted by Gasteiger charge is -2.02. The molecule has 0 heterocycles. The standard InChI is InChI=1S/C7H5Cl2O2/c1-11-7-3-6(10)4(8)2-5(7)9/h2-3H,1H3. The maximum Gasteiger partial charge on any atom is 0.200 e. The second-order valence-corrected chi connectivity index (χ2v) is 2.73. The molecule has 1 rings (SSSR count). The van der Waals surface area contributed by atoms with Crippen LogP contribution in [0, 0.1) is 0 Å². The number of halogens is 2. The average molecular weight is 192 g/mol. The zero-order valence-corrected chi connectivity index (χ0v) is 7.24. The normalized spacial score (nSPS) is 9.73. The fraction of sp³-hybridized carbons (Fsp3) is 0.143. The van der Waals surface area contributed by atoms with Crippen molar-refractivity contribution in [2.24, 2.45) is 0 Å². The molecule has 0 N–H and O–H groups in total. The van der Waals surface area contributed by atoms with Gasteiger partial charge in [0.1, 0.15) is 5.75 Å². The summed E-state index contributed by atoms with van der Waals surface area (Å²) in [5.41, 5.74) is 0. The van der Waals surface area contributed by atoms with Gasteiger partial charge in [-0.1, -0.05) is 23.2 Å². The van der Waals surface area contributed by atoms with Gasteiger partial charge < -0.3 is 4.74 Å². The van der Waals surface area contributed by atoms with Crippen LogP contribution in [0.4, 0.5) is 0 Å². The predicted octanol–water partition coefficient (Wildman–Crippen LogP) is 3.15. The van der Waals surface area contributed by atoms with E-state index in [2.05, 4.69) is 0 Å². The fourth-order valence-corrected chi connectivity index (χ4v) is 1.13. The number of benzene rings is 1. The van der Waals surface area contributed by atoms with Gasteiger partial charge in [-0.25, -0.2) is 0 Å². The second-order valence-electron chi connectivity index (χ2n) is 1.92. The summed E-state index contributed by atoms with van der Waals surface area (Å²) in [6.45, 7) is 0. The largest absolute Gasteiger partial charge is 0.495 e. The molecule has 0 spiro atoms. The molecule has 0 saturated heterocycles. The molecule has 1 radical (unpaired) electrons. The van der Waals surface area contributed by atoms with Crippen LogP contribution in [-0.2, 0) is 5.11 Å². The van der Waals surface area contributed by atoms with Gasteiger partial charge in [-0.15, -0.1) is 0 Å². The van der Waals surface area contributed by atoms with Gasteiger partial charge in [0.2, 0.25) is 5.75 Å². The summed E-state index contributed by atoms with van der Waals surface area (Å²) in [4.78, 5) is 0. The molecule has 0 amide bonds. The minimum atomic E-state index is -0.284. The molecule has 0 aliphatic carbocycles. The van der Waals surface area contributed by atoms with E-state index in [0.29, 0.717) is 10.8 Å². The van der Waals surface area contributed by atoms with Crippen LogP contribution in [0.1, 0.15) is 0 Å².